The highest BCUT2D eigenvalue weighted by Crippen LogP contribution is 2.46. The van der Waals surface area contributed by atoms with Crippen LogP contribution in [0.15, 0.2) is 0 Å². The molecule has 0 aromatic rings. The monoisotopic (exact) mass is 205 g/mol. The van der Waals surface area contributed by atoms with Crippen molar-refractivity contribution in [2.24, 2.45) is 5.41 Å². The number of aliphatic hydroxyl groups is 1. The molecule has 0 radical (unpaired) electrons. The van der Waals surface area contributed by atoms with E-state index < -0.39 is 5.60 Å². The van der Waals surface area contributed by atoms with Crippen LogP contribution in [0.1, 0.15) is 40.0 Å². The zero-order chi connectivity index (χ0) is 8.98. The standard InChI is InChI=1S/C10H19NO.ClH/c1-9(2,3)10(12)6-7-4-5-8(10)11-7;/h7-8,11-12H,4-6H2,1-3H3;1H/t7-,8+,10+;/m0./s1. The van der Waals surface area contributed by atoms with E-state index in [0.717, 1.165) is 12.8 Å². The number of hydrogen-bond acceptors (Lipinski definition) is 2. The topological polar surface area (TPSA) is 32.3 Å². The van der Waals surface area contributed by atoms with E-state index >= 15 is 0 Å². The SMILES string of the molecule is CC(C)(C)[C@@]1(O)C[C@@H]2CC[C@H]1N2.Cl. The van der Waals surface area contributed by atoms with Crippen LogP contribution >= 0.6 is 12.4 Å². The molecule has 3 heteroatoms. The highest BCUT2D eigenvalue weighted by atomic mass is 35.5. The minimum Gasteiger partial charge on any atom is -0.388 e. The Morgan fingerprint density at radius 3 is 2.15 bits per heavy atom. The van der Waals surface area contributed by atoms with Crippen molar-refractivity contribution in [1.29, 1.82) is 0 Å². The fraction of sp³-hybridized carbons (Fsp3) is 1.00. The average Bonchev–Trinajstić information content (AvgIpc) is 2.43. The maximum atomic E-state index is 10.5. The van der Waals surface area contributed by atoms with Crippen LogP contribution in [0, 0.1) is 5.41 Å². The average molecular weight is 206 g/mol. The molecule has 0 saturated carbocycles. The molecule has 0 unspecified atom stereocenters. The fourth-order valence-electron chi connectivity index (χ4n) is 2.70. The van der Waals surface area contributed by atoms with E-state index in [1.54, 1.807) is 0 Å². The summed E-state index contributed by atoms with van der Waals surface area (Å²) >= 11 is 0. The largest absolute Gasteiger partial charge is 0.388 e. The van der Waals surface area contributed by atoms with E-state index in [2.05, 4.69) is 26.1 Å². The van der Waals surface area contributed by atoms with Crippen LogP contribution in [0.2, 0.25) is 0 Å². The summed E-state index contributed by atoms with van der Waals surface area (Å²) in [7, 11) is 0. The van der Waals surface area contributed by atoms with Gasteiger partial charge in [-0.3, -0.25) is 0 Å². The molecule has 2 bridgehead atoms. The quantitative estimate of drug-likeness (QED) is 0.631. The third-order valence-corrected chi connectivity index (χ3v) is 3.67. The van der Waals surface area contributed by atoms with Gasteiger partial charge in [-0.1, -0.05) is 20.8 Å². The molecule has 2 N–H and O–H groups in total. The van der Waals surface area contributed by atoms with Crippen LogP contribution in [0.25, 0.3) is 0 Å². The summed E-state index contributed by atoms with van der Waals surface area (Å²) in [5.41, 5.74) is -0.449. The zero-order valence-electron chi connectivity index (χ0n) is 8.63. The summed E-state index contributed by atoms with van der Waals surface area (Å²) in [6.45, 7) is 6.40. The fourth-order valence-corrected chi connectivity index (χ4v) is 2.70. The predicted molar refractivity (Wildman–Crippen MR) is 56.2 cm³/mol. The van der Waals surface area contributed by atoms with Crippen molar-refractivity contribution < 1.29 is 5.11 Å². The van der Waals surface area contributed by atoms with Crippen molar-refractivity contribution in [3.8, 4) is 0 Å². The van der Waals surface area contributed by atoms with Crippen molar-refractivity contribution in [2.45, 2.75) is 57.7 Å². The molecule has 2 rings (SSSR count). The van der Waals surface area contributed by atoms with E-state index in [1.807, 2.05) is 0 Å². The number of halogens is 1. The first-order chi connectivity index (χ1) is 5.43. The Kier molecular flexibility index (Phi) is 2.70. The van der Waals surface area contributed by atoms with Gasteiger partial charge in [0.2, 0.25) is 0 Å². The second kappa shape index (κ2) is 3.11. The van der Waals surface area contributed by atoms with Crippen LogP contribution < -0.4 is 5.32 Å². The van der Waals surface area contributed by atoms with Gasteiger partial charge >= 0.3 is 0 Å². The van der Waals surface area contributed by atoms with E-state index in [9.17, 15) is 5.11 Å². The summed E-state index contributed by atoms with van der Waals surface area (Å²) in [6, 6.07) is 0.932. The summed E-state index contributed by atoms with van der Waals surface area (Å²) in [5, 5.41) is 13.9. The smallest absolute Gasteiger partial charge is 0.0862 e. The third-order valence-electron chi connectivity index (χ3n) is 3.67. The molecule has 0 amide bonds. The van der Waals surface area contributed by atoms with Crippen molar-refractivity contribution in [3.63, 3.8) is 0 Å². The first-order valence-electron chi connectivity index (χ1n) is 4.92. The van der Waals surface area contributed by atoms with E-state index in [4.69, 9.17) is 0 Å². The summed E-state index contributed by atoms with van der Waals surface area (Å²) < 4.78 is 0. The van der Waals surface area contributed by atoms with Gasteiger partial charge in [0.25, 0.3) is 0 Å². The number of nitrogens with one attached hydrogen (secondary N) is 1. The van der Waals surface area contributed by atoms with E-state index in [1.165, 1.54) is 6.42 Å². The Balaban J connectivity index is 0.000000845. The Morgan fingerprint density at radius 2 is 1.92 bits per heavy atom. The van der Waals surface area contributed by atoms with Crippen LogP contribution in [0.4, 0.5) is 0 Å². The van der Waals surface area contributed by atoms with Crippen LogP contribution in [-0.4, -0.2) is 22.8 Å². The lowest BCUT2D eigenvalue weighted by Gasteiger charge is -2.42. The van der Waals surface area contributed by atoms with Crippen molar-refractivity contribution in [1.82, 2.24) is 5.32 Å². The highest BCUT2D eigenvalue weighted by Gasteiger charge is 2.55. The molecule has 3 atom stereocenters. The molecule has 13 heavy (non-hydrogen) atoms. The van der Waals surface area contributed by atoms with Crippen molar-refractivity contribution >= 4 is 12.4 Å². The van der Waals surface area contributed by atoms with Gasteiger partial charge < -0.3 is 10.4 Å². The molecule has 2 nitrogen and oxygen atoms in total. The predicted octanol–water partition coefficient (Wildman–Crippen LogP) is 1.71. The van der Waals surface area contributed by atoms with Crippen molar-refractivity contribution in [3.05, 3.63) is 0 Å². The van der Waals surface area contributed by atoms with E-state index in [-0.39, 0.29) is 17.8 Å². The molecule has 2 saturated heterocycles. The highest BCUT2D eigenvalue weighted by molar-refractivity contribution is 5.85. The number of rotatable bonds is 0. The van der Waals surface area contributed by atoms with Crippen molar-refractivity contribution in [2.75, 3.05) is 0 Å². The summed E-state index contributed by atoms with van der Waals surface area (Å²) in [4.78, 5) is 0. The molecule has 78 valence electrons. The molecule has 2 aliphatic heterocycles. The second-order valence-corrected chi connectivity index (χ2v) is 5.37. The Morgan fingerprint density at radius 1 is 1.31 bits per heavy atom. The lowest BCUT2D eigenvalue weighted by atomic mass is 9.68. The van der Waals surface area contributed by atoms with Gasteiger partial charge in [0, 0.05) is 12.1 Å². The third kappa shape index (κ3) is 1.49. The molecular weight excluding hydrogens is 186 g/mol. The Labute approximate surface area is 86.5 Å². The van der Waals surface area contributed by atoms with Gasteiger partial charge in [-0.25, -0.2) is 0 Å². The van der Waals surface area contributed by atoms with Crippen LogP contribution in [-0.2, 0) is 0 Å². The lowest BCUT2D eigenvalue weighted by Crippen LogP contribution is -2.51. The maximum absolute atomic E-state index is 10.5. The minimum absolute atomic E-state index is 0. The van der Waals surface area contributed by atoms with Gasteiger partial charge in [-0.15, -0.1) is 12.4 Å². The molecule has 2 heterocycles. The Bertz CT molecular complexity index is 202. The molecule has 2 aliphatic rings. The molecule has 2 fully saturated rings. The normalized spacial score (nSPS) is 43.4. The van der Waals surface area contributed by atoms with Gasteiger partial charge in [-0.05, 0) is 24.7 Å². The van der Waals surface area contributed by atoms with Gasteiger partial charge in [0.05, 0.1) is 5.60 Å². The summed E-state index contributed by atoms with van der Waals surface area (Å²) in [5.74, 6) is 0. The lowest BCUT2D eigenvalue weighted by molar-refractivity contribution is -0.0752. The first-order valence-corrected chi connectivity index (χ1v) is 4.92. The van der Waals surface area contributed by atoms with Crippen LogP contribution in [0.3, 0.4) is 0 Å². The first kappa shape index (κ1) is 11.3. The zero-order valence-corrected chi connectivity index (χ0v) is 9.45. The van der Waals surface area contributed by atoms with E-state index in [0.29, 0.717) is 12.1 Å². The Hall–Kier alpha value is 0.210. The second-order valence-electron chi connectivity index (χ2n) is 5.37. The maximum Gasteiger partial charge on any atom is 0.0862 e. The molecule has 0 spiro atoms. The van der Waals surface area contributed by atoms with Gasteiger partial charge in [0.1, 0.15) is 0 Å². The van der Waals surface area contributed by atoms with Crippen LogP contribution in [0.5, 0.6) is 0 Å². The number of hydrogen-bond donors (Lipinski definition) is 2. The molecule has 0 aromatic carbocycles. The molecule has 0 aliphatic carbocycles. The number of fused-ring (bicyclic) bond motifs is 2. The van der Waals surface area contributed by atoms with Gasteiger partial charge in [-0.2, -0.15) is 0 Å². The molecule has 0 aromatic heterocycles. The molecular formula is C10H20ClNO. The summed E-state index contributed by atoms with van der Waals surface area (Å²) in [6.07, 6.45) is 3.35. The van der Waals surface area contributed by atoms with Gasteiger partial charge in [0.15, 0.2) is 0 Å². The minimum atomic E-state index is -0.462.